The van der Waals surface area contributed by atoms with Gasteiger partial charge < -0.3 is 10.2 Å². The van der Waals surface area contributed by atoms with E-state index >= 15 is 0 Å². The fraction of sp³-hybridized carbons (Fsp3) is 0.300. The number of sulfonamides is 1. The third kappa shape index (κ3) is 3.68. The molecule has 2 amide bonds. The number of carbonyl (C=O) groups is 2. The highest BCUT2D eigenvalue weighted by Gasteiger charge is 2.37. The molecule has 2 aromatic rings. The van der Waals surface area contributed by atoms with Crippen LogP contribution in [0.25, 0.3) is 0 Å². The molecule has 2 aliphatic heterocycles. The van der Waals surface area contributed by atoms with Crippen molar-refractivity contribution in [1.29, 1.82) is 0 Å². The molecule has 158 valence electrons. The molecule has 2 aromatic carbocycles. The van der Waals surface area contributed by atoms with E-state index in [0.29, 0.717) is 11.8 Å². The van der Waals surface area contributed by atoms with E-state index in [0.717, 1.165) is 22.0 Å². The first-order chi connectivity index (χ1) is 14.3. The van der Waals surface area contributed by atoms with E-state index < -0.39 is 32.5 Å². The topological polar surface area (TPSA) is 86.8 Å². The van der Waals surface area contributed by atoms with E-state index in [4.69, 9.17) is 0 Å². The van der Waals surface area contributed by atoms with Crippen molar-refractivity contribution >= 4 is 27.5 Å². The predicted molar refractivity (Wildman–Crippen MR) is 104 cm³/mol. The molecule has 7 nitrogen and oxygen atoms in total. The van der Waals surface area contributed by atoms with Crippen LogP contribution in [-0.4, -0.2) is 55.6 Å². The van der Waals surface area contributed by atoms with Gasteiger partial charge in [0, 0.05) is 38.3 Å². The summed E-state index contributed by atoms with van der Waals surface area (Å²) in [7, 11) is -4.23. The first-order valence-corrected chi connectivity index (χ1v) is 10.8. The fourth-order valence-corrected chi connectivity index (χ4v) is 5.31. The second kappa shape index (κ2) is 7.77. The monoisotopic (exact) mass is 435 g/mol. The summed E-state index contributed by atoms with van der Waals surface area (Å²) in [5.41, 5.74) is 1.31. The molecular weight excluding hydrogens is 416 g/mol. The van der Waals surface area contributed by atoms with Gasteiger partial charge in [-0.2, -0.15) is 4.31 Å². The number of rotatable bonds is 3. The number of carbonyl (C=O) groups excluding carboxylic acids is 2. The van der Waals surface area contributed by atoms with Gasteiger partial charge in [0.2, 0.25) is 21.8 Å². The van der Waals surface area contributed by atoms with Crippen molar-refractivity contribution in [3.05, 3.63) is 59.7 Å². The number of fused-ring (bicyclic) bond motifs is 1. The summed E-state index contributed by atoms with van der Waals surface area (Å²) >= 11 is 0. The highest BCUT2D eigenvalue weighted by Crippen LogP contribution is 2.33. The van der Waals surface area contributed by atoms with E-state index in [1.165, 1.54) is 4.90 Å². The second-order valence-electron chi connectivity index (χ2n) is 7.20. The van der Waals surface area contributed by atoms with Crippen LogP contribution in [0.2, 0.25) is 0 Å². The van der Waals surface area contributed by atoms with Gasteiger partial charge in [-0.25, -0.2) is 17.2 Å². The third-order valence-corrected chi connectivity index (χ3v) is 7.27. The number of piperazine rings is 1. The highest BCUT2D eigenvalue weighted by molar-refractivity contribution is 7.89. The Bertz CT molecular complexity index is 1110. The molecule has 10 heteroatoms. The van der Waals surface area contributed by atoms with Gasteiger partial charge in [-0.15, -0.1) is 0 Å². The Morgan fingerprint density at radius 2 is 1.73 bits per heavy atom. The minimum Gasteiger partial charge on any atom is -0.340 e. The van der Waals surface area contributed by atoms with Crippen LogP contribution >= 0.6 is 0 Å². The zero-order valence-electron chi connectivity index (χ0n) is 15.8. The second-order valence-corrected chi connectivity index (χ2v) is 9.10. The van der Waals surface area contributed by atoms with Crippen LogP contribution in [0.3, 0.4) is 0 Å². The Balaban J connectivity index is 1.49. The molecule has 0 spiro atoms. The van der Waals surface area contributed by atoms with Gasteiger partial charge in [0.05, 0.1) is 5.92 Å². The zero-order chi connectivity index (χ0) is 21.5. The van der Waals surface area contributed by atoms with Crippen LogP contribution in [0.1, 0.15) is 17.9 Å². The molecule has 30 heavy (non-hydrogen) atoms. The first kappa shape index (κ1) is 20.4. The lowest BCUT2D eigenvalue weighted by Crippen LogP contribution is -2.52. The molecule has 0 aliphatic carbocycles. The Labute approximate surface area is 172 Å². The molecule has 0 bridgehead atoms. The zero-order valence-corrected chi connectivity index (χ0v) is 16.7. The summed E-state index contributed by atoms with van der Waals surface area (Å²) in [6.45, 7) is 0.0831. The molecule has 0 unspecified atom stereocenters. The van der Waals surface area contributed by atoms with Crippen LogP contribution in [0, 0.1) is 11.6 Å². The van der Waals surface area contributed by atoms with E-state index in [-0.39, 0.29) is 44.4 Å². The Morgan fingerprint density at radius 3 is 2.47 bits per heavy atom. The van der Waals surface area contributed by atoms with Gasteiger partial charge >= 0.3 is 0 Å². The summed E-state index contributed by atoms with van der Waals surface area (Å²) in [4.78, 5) is 25.8. The average molecular weight is 435 g/mol. The molecular formula is C20H19F2N3O4S. The number of nitrogens with one attached hydrogen (secondary N) is 1. The van der Waals surface area contributed by atoms with E-state index in [1.807, 2.05) is 0 Å². The maximum Gasteiger partial charge on any atom is 0.246 e. The van der Waals surface area contributed by atoms with E-state index in [2.05, 4.69) is 5.32 Å². The number of anilines is 1. The van der Waals surface area contributed by atoms with Crippen LogP contribution in [-0.2, 0) is 19.6 Å². The van der Waals surface area contributed by atoms with Crippen LogP contribution < -0.4 is 5.32 Å². The number of amides is 2. The molecule has 1 N–H and O–H groups in total. The highest BCUT2D eigenvalue weighted by atomic mass is 32.2. The van der Waals surface area contributed by atoms with Crippen molar-refractivity contribution in [1.82, 2.24) is 9.21 Å². The lowest BCUT2D eigenvalue weighted by molar-refractivity contribution is -0.136. The van der Waals surface area contributed by atoms with Gasteiger partial charge in [-0.3, -0.25) is 9.59 Å². The summed E-state index contributed by atoms with van der Waals surface area (Å²) in [5.74, 6) is -3.03. The standard InChI is InChI=1S/C20H19F2N3O4S/c21-13-5-6-16(22)18(11-13)30(28,29)25-9-7-24(8-10-25)20(27)15-12-19(26)23-17-4-2-1-3-14(15)17/h1-6,11,15H,7-10,12H2,(H,23,26)/t15-/m1/s1. The number of nitrogens with zero attached hydrogens (tertiary/aromatic N) is 2. The smallest absolute Gasteiger partial charge is 0.246 e. The van der Waals surface area contributed by atoms with Crippen molar-refractivity contribution in [2.24, 2.45) is 0 Å². The summed E-state index contributed by atoms with van der Waals surface area (Å²) < 4.78 is 53.9. The summed E-state index contributed by atoms with van der Waals surface area (Å²) in [6, 6.07) is 9.34. The molecule has 1 fully saturated rings. The van der Waals surface area contributed by atoms with Crippen molar-refractivity contribution in [2.45, 2.75) is 17.2 Å². The van der Waals surface area contributed by atoms with E-state index in [1.54, 1.807) is 24.3 Å². The van der Waals surface area contributed by atoms with Crippen LogP contribution in [0.15, 0.2) is 47.4 Å². The van der Waals surface area contributed by atoms with Crippen LogP contribution in [0.4, 0.5) is 14.5 Å². The number of hydrogen-bond acceptors (Lipinski definition) is 4. The molecule has 2 aliphatic rings. The SMILES string of the molecule is O=C1C[C@@H](C(=O)N2CCN(S(=O)(=O)c3cc(F)ccc3F)CC2)c2ccccc2N1. The van der Waals surface area contributed by atoms with Gasteiger partial charge in [0.1, 0.15) is 16.5 Å². The van der Waals surface area contributed by atoms with E-state index in [9.17, 15) is 26.8 Å². The quantitative estimate of drug-likeness (QED) is 0.798. The predicted octanol–water partition coefficient (Wildman–Crippen LogP) is 1.92. The number of para-hydroxylation sites is 1. The van der Waals surface area contributed by atoms with Crippen molar-refractivity contribution in [3.8, 4) is 0 Å². The van der Waals surface area contributed by atoms with Gasteiger partial charge in [-0.05, 0) is 29.8 Å². The minimum absolute atomic E-state index is 0.0167. The van der Waals surface area contributed by atoms with Crippen molar-refractivity contribution in [2.75, 3.05) is 31.5 Å². The molecule has 1 atom stereocenters. The average Bonchev–Trinajstić information content (AvgIpc) is 2.74. The largest absolute Gasteiger partial charge is 0.340 e. The molecule has 0 saturated carbocycles. The molecule has 2 heterocycles. The third-order valence-electron chi connectivity index (χ3n) is 5.36. The van der Waals surface area contributed by atoms with Crippen molar-refractivity contribution < 1.29 is 26.8 Å². The summed E-state index contributed by atoms with van der Waals surface area (Å²) in [5, 5.41) is 2.74. The number of halogens is 2. The Kier molecular flexibility index (Phi) is 5.29. The Morgan fingerprint density at radius 1 is 1.03 bits per heavy atom. The van der Waals surface area contributed by atoms with Crippen LogP contribution in [0.5, 0.6) is 0 Å². The maximum atomic E-state index is 14.0. The first-order valence-electron chi connectivity index (χ1n) is 9.40. The molecule has 0 radical (unpaired) electrons. The fourth-order valence-electron chi connectivity index (χ4n) is 3.81. The van der Waals surface area contributed by atoms with Crippen molar-refractivity contribution in [3.63, 3.8) is 0 Å². The normalized spacial score (nSPS) is 19.9. The minimum atomic E-state index is -4.23. The molecule has 1 saturated heterocycles. The number of benzene rings is 2. The lowest BCUT2D eigenvalue weighted by atomic mass is 9.89. The molecule has 0 aromatic heterocycles. The van der Waals surface area contributed by atoms with Gasteiger partial charge in [-0.1, -0.05) is 18.2 Å². The maximum absolute atomic E-state index is 14.0. The van der Waals surface area contributed by atoms with Gasteiger partial charge in [0.15, 0.2) is 0 Å². The molecule has 4 rings (SSSR count). The van der Waals surface area contributed by atoms with Gasteiger partial charge in [0.25, 0.3) is 0 Å². The number of hydrogen-bond donors (Lipinski definition) is 1. The Hall–Kier alpha value is -2.85. The summed E-state index contributed by atoms with van der Waals surface area (Å²) in [6.07, 6.45) is 0.0167. The lowest BCUT2D eigenvalue weighted by Gasteiger charge is -2.36.